The second-order valence-corrected chi connectivity index (χ2v) is 9.09. The van der Waals surface area contributed by atoms with Gasteiger partial charge in [-0.3, -0.25) is 4.79 Å². The minimum absolute atomic E-state index is 0.0450. The van der Waals surface area contributed by atoms with Crippen molar-refractivity contribution in [3.63, 3.8) is 0 Å². The first-order valence-electron chi connectivity index (χ1n) is 12.0. The van der Waals surface area contributed by atoms with Crippen molar-refractivity contribution < 1.29 is 4.74 Å². The van der Waals surface area contributed by atoms with Crippen LogP contribution in [0, 0.1) is 0 Å². The average molecular weight is 464 g/mol. The molecule has 33 heavy (non-hydrogen) atoms. The van der Waals surface area contributed by atoms with Gasteiger partial charge in [-0.2, -0.15) is 0 Å². The van der Waals surface area contributed by atoms with E-state index in [0.717, 1.165) is 47.2 Å². The molecule has 1 aliphatic rings. The number of H-pyrrole nitrogens is 1. The fourth-order valence-corrected chi connectivity index (χ4v) is 4.91. The second kappa shape index (κ2) is 10.8. The van der Waals surface area contributed by atoms with E-state index in [-0.39, 0.29) is 5.56 Å². The fourth-order valence-electron chi connectivity index (χ4n) is 4.58. The van der Waals surface area contributed by atoms with E-state index in [2.05, 4.69) is 34.3 Å². The minimum atomic E-state index is -0.0450. The zero-order valence-corrected chi connectivity index (χ0v) is 20.3. The number of benzene rings is 2. The van der Waals surface area contributed by atoms with Gasteiger partial charge >= 0.3 is 0 Å². The Kier molecular flexibility index (Phi) is 7.65. The van der Waals surface area contributed by atoms with Gasteiger partial charge in [0.25, 0.3) is 5.56 Å². The molecule has 2 aromatic carbocycles. The summed E-state index contributed by atoms with van der Waals surface area (Å²) < 4.78 is 5.54. The third kappa shape index (κ3) is 5.74. The highest BCUT2D eigenvalue weighted by atomic mass is 32.1. The Morgan fingerprint density at radius 1 is 1.09 bits per heavy atom. The summed E-state index contributed by atoms with van der Waals surface area (Å²) in [6.45, 7) is 5.25. The molecular formula is C27H33N3O2S. The van der Waals surface area contributed by atoms with Crippen molar-refractivity contribution in [2.75, 3.05) is 11.9 Å². The number of nitrogens with one attached hydrogen (secondary N) is 2. The van der Waals surface area contributed by atoms with Crippen LogP contribution in [0.2, 0.25) is 0 Å². The molecule has 5 nitrogen and oxygen atoms in total. The lowest BCUT2D eigenvalue weighted by Gasteiger charge is -2.36. The van der Waals surface area contributed by atoms with Crippen molar-refractivity contribution in [1.82, 2.24) is 9.88 Å². The molecule has 2 N–H and O–H groups in total. The summed E-state index contributed by atoms with van der Waals surface area (Å²) in [5.74, 6) is 0.840. The van der Waals surface area contributed by atoms with E-state index in [1.165, 1.54) is 24.8 Å². The molecule has 4 rings (SSSR count). The molecule has 1 aliphatic carbocycles. The standard InChI is InChI=1S/C27H33N3O2S/c1-3-19-10-15-25-20(16-19)17-21(26(31)29-25)18-30(23-8-6-5-7-9-23)27(33)28-22-11-13-24(14-12-22)32-4-2/h10-17,23H,3-9,18H2,1-2H3,(H,28,33)(H,29,31). The third-order valence-corrected chi connectivity index (χ3v) is 6.76. The largest absolute Gasteiger partial charge is 0.494 e. The van der Waals surface area contributed by atoms with Crippen LogP contribution in [0.5, 0.6) is 5.75 Å². The van der Waals surface area contributed by atoms with Crippen molar-refractivity contribution in [2.24, 2.45) is 0 Å². The van der Waals surface area contributed by atoms with Crippen LogP contribution in [-0.4, -0.2) is 27.6 Å². The van der Waals surface area contributed by atoms with E-state index in [1.54, 1.807) is 0 Å². The first-order chi connectivity index (χ1) is 16.1. The Morgan fingerprint density at radius 2 is 1.85 bits per heavy atom. The molecule has 1 fully saturated rings. The normalized spacial score (nSPS) is 14.2. The summed E-state index contributed by atoms with van der Waals surface area (Å²) in [5, 5.41) is 5.12. The summed E-state index contributed by atoms with van der Waals surface area (Å²) in [4.78, 5) is 18.2. The highest BCUT2D eigenvalue weighted by molar-refractivity contribution is 7.80. The summed E-state index contributed by atoms with van der Waals surface area (Å²) in [6.07, 6.45) is 6.81. The van der Waals surface area contributed by atoms with Crippen molar-refractivity contribution in [1.29, 1.82) is 0 Å². The van der Waals surface area contributed by atoms with E-state index in [0.29, 0.717) is 24.3 Å². The quantitative estimate of drug-likeness (QED) is 0.420. The van der Waals surface area contributed by atoms with E-state index >= 15 is 0 Å². The number of hydrogen-bond acceptors (Lipinski definition) is 3. The predicted octanol–water partition coefficient (Wildman–Crippen LogP) is 6.02. The Balaban J connectivity index is 1.59. The van der Waals surface area contributed by atoms with Gasteiger partial charge in [0.05, 0.1) is 13.2 Å². The lowest BCUT2D eigenvalue weighted by atomic mass is 9.94. The number of aromatic amines is 1. The summed E-state index contributed by atoms with van der Waals surface area (Å²) in [6, 6.07) is 16.4. The molecule has 0 radical (unpaired) electrons. The summed E-state index contributed by atoms with van der Waals surface area (Å²) in [5.41, 5.74) is 3.76. The number of pyridine rings is 1. The highest BCUT2D eigenvalue weighted by Gasteiger charge is 2.24. The van der Waals surface area contributed by atoms with E-state index < -0.39 is 0 Å². The van der Waals surface area contributed by atoms with Crippen LogP contribution in [0.4, 0.5) is 5.69 Å². The molecule has 0 spiro atoms. The van der Waals surface area contributed by atoms with E-state index in [9.17, 15) is 4.79 Å². The SMILES string of the molecule is CCOc1ccc(NC(=S)N(Cc2cc3cc(CC)ccc3[nH]c2=O)C2CCCCC2)cc1. The number of nitrogens with zero attached hydrogens (tertiary/aromatic N) is 1. The number of rotatable bonds is 7. The molecule has 0 saturated heterocycles. The van der Waals surface area contributed by atoms with Gasteiger partial charge in [0.15, 0.2) is 5.11 Å². The van der Waals surface area contributed by atoms with Crippen LogP contribution in [0.25, 0.3) is 10.9 Å². The number of aromatic nitrogens is 1. The van der Waals surface area contributed by atoms with Gasteiger partial charge in [-0.25, -0.2) is 0 Å². The number of anilines is 1. The molecule has 1 aromatic heterocycles. The maximum absolute atomic E-state index is 12.9. The Labute approximate surface area is 201 Å². The van der Waals surface area contributed by atoms with Gasteiger partial charge < -0.3 is 19.9 Å². The minimum Gasteiger partial charge on any atom is -0.494 e. The maximum atomic E-state index is 12.9. The Morgan fingerprint density at radius 3 is 2.55 bits per heavy atom. The van der Waals surface area contributed by atoms with Crippen molar-refractivity contribution >= 4 is 33.9 Å². The fraction of sp³-hybridized carbons (Fsp3) is 0.407. The van der Waals surface area contributed by atoms with Crippen LogP contribution >= 0.6 is 12.2 Å². The van der Waals surface area contributed by atoms with Crippen molar-refractivity contribution in [3.8, 4) is 5.75 Å². The molecule has 0 unspecified atom stereocenters. The number of fused-ring (bicyclic) bond motifs is 1. The number of thiocarbonyl (C=S) groups is 1. The van der Waals surface area contributed by atoms with E-state index in [4.69, 9.17) is 17.0 Å². The molecule has 1 saturated carbocycles. The molecular weight excluding hydrogens is 430 g/mol. The number of ether oxygens (including phenoxy) is 1. The monoisotopic (exact) mass is 463 g/mol. The summed E-state index contributed by atoms with van der Waals surface area (Å²) in [7, 11) is 0. The van der Waals surface area contributed by atoms with Crippen molar-refractivity contribution in [3.05, 3.63) is 70.0 Å². The average Bonchev–Trinajstić information content (AvgIpc) is 2.84. The second-order valence-electron chi connectivity index (χ2n) is 8.71. The molecule has 6 heteroatoms. The maximum Gasteiger partial charge on any atom is 0.253 e. The van der Waals surface area contributed by atoms with Gasteiger partial charge in [0.1, 0.15) is 5.75 Å². The van der Waals surface area contributed by atoms with E-state index in [1.807, 2.05) is 43.3 Å². The van der Waals surface area contributed by atoms with Crippen LogP contribution < -0.4 is 15.6 Å². The summed E-state index contributed by atoms with van der Waals surface area (Å²) >= 11 is 5.87. The van der Waals surface area contributed by atoms with Gasteiger partial charge in [-0.15, -0.1) is 0 Å². The molecule has 0 bridgehead atoms. The van der Waals surface area contributed by atoms with Gasteiger partial charge in [0.2, 0.25) is 0 Å². The molecule has 0 amide bonds. The zero-order chi connectivity index (χ0) is 23.2. The lowest BCUT2D eigenvalue weighted by molar-refractivity contribution is 0.240. The number of hydrogen-bond donors (Lipinski definition) is 2. The molecule has 3 aromatic rings. The van der Waals surface area contributed by atoms with Crippen LogP contribution in [-0.2, 0) is 13.0 Å². The van der Waals surface area contributed by atoms with Crippen molar-refractivity contribution in [2.45, 2.75) is 65.0 Å². The molecule has 1 heterocycles. The van der Waals surface area contributed by atoms with Gasteiger partial charge in [0, 0.05) is 22.8 Å². The Hall–Kier alpha value is -2.86. The van der Waals surface area contributed by atoms with Crippen LogP contribution in [0.15, 0.2) is 53.3 Å². The zero-order valence-electron chi connectivity index (χ0n) is 19.5. The molecule has 0 atom stereocenters. The predicted molar refractivity (Wildman–Crippen MR) is 140 cm³/mol. The Bertz CT molecular complexity index is 1150. The number of aryl methyl sites for hydroxylation is 1. The molecule has 174 valence electrons. The van der Waals surface area contributed by atoms with Crippen LogP contribution in [0.1, 0.15) is 57.1 Å². The van der Waals surface area contributed by atoms with Crippen LogP contribution in [0.3, 0.4) is 0 Å². The highest BCUT2D eigenvalue weighted by Crippen LogP contribution is 2.26. The third-order valence-electron chi connectivity index (χ3n) is 6.43. The smallest absolute Gasteiger partial charge is 0.253 e. The topological polar surface area (TPSA) is 57.4 Å². The first-order valence-corrected chi connectivity index (χ1v) is 12.4. The van der Waals surface area contributed by atoms with Gasteiger partial charge in [-0.1, -0.05) is 32.3 Å². The first kappa shape index (κ1) is 23.3. The molecule has 0 aliphatic heterocycles. The van der Waals surface area contributed by atoms with Gasteiger partial charge in [-0.05, 0) is 91.8 Å². The lowest BCUT2D eigenvalue weighted by Crippen LogP contribution is -2.44.